The Hall–Kier alpha value is -2.03. The van der Waals surface area contributed by atoms with E-state index in [9.17, 15) is 18.0 Å². The lowest BCUT2D eigenvalue weighted by atomic mass is 10.1. The predicted molar refractivity (Wildman–Crippen MR) is 99.4 cm³/mol. The molecular weight excluding hydrogens is 408 g/mol. The van der Waals surface area contributed by atoms with E-state index in [4.69, 9.17) is 0 Å². The van der Waals surface area contributed by atoms with E-state index in [1.54, 1.807) is 24.3 Å². The highest BCUT2D eigenvalue weighted by atomic mass is 79.9. The molecule has 0 fully saturated rings. The average Bonchev–Trinajstić information content (AvgIpc) is 2.55. The van der Waals surface area contributed by atoms with Crippen molar-refractivity contribution in [1.82, 2.24) is 4.31 Å². The zero-order valence-electron chi connectivity index (χ0n) is 13.9. The number of benzene rings is 2. The third-order valence-corrected chi connectivity index (χ3v) is 6.29. The second kappa shape index (κ2) is 7.47. The summed E-state index contributed by atoms with van der Waals surface area (Å²) in [4.78, 5) is 23.9. The van der Waals surface area contributed by atoms with Crippen LogP contribution in [-0.4, -0.2) is 38.5 Å². The first-order valence-electron chi connectivity index (χ1n) is 7.27. The fourth-order valence-electron chi connectivity index (χ4n) is 2.06. The van der Waals surface area contributed by atoms with E-state index in [1.807, 2.05) is 0 Å². The summed E-state index contributed by atoms with van der Waals surface area (Å²) in [6, 6.07) is 10.9. The molecule has 6 nitrogen and oxygen atoms in total. The van der Waals surface area contributed by atoms with Crippen molar-refractivity contribution < 1.29 is 18.0 Å². The Morgan fingerprint density at radius 3 is 2.32 bits per heavy atom. The van der Waals surface area contributed by atoms with E-state index in [2.05, 4.69) is 21.2 Å². The predicted octanol–water partition coefficient (Wildman–Crippen LogP) is 3.15. The Bertz CT molecular complexity index is 939. The van der Waals surface area contributed by atoms with Gasteiger partial charge in [0.1, 0.15) is 0 Å². The van der Waals surface area contributed by atoms with Crippen LogP contribution in [0.3, 0.4) is 0 Å². The number of carbonyl (C=O) groups excluding carboxylic acids is 2. The topological polar surface area (TPSA) is 83.5 Å². The lowest BCUT2D eigenvalue weighted by Crippen LogP contribution is -2.23. The van der Waals surface area contributed by atoms with Crippen LogP contribution < -0.4 is 5.32 Å². The highest BCUT2D eigenvalue weighted by Gasteiger charge is 2.22. The Labute approximate surface area is 155 Å². The SMILES string of the molecule is CC(=O)c1cccc(NC(=O)c2ccc(Br)c(S(=O)(=O)N(C)C)c2)c1. The number of Topliss-reactive ketones (excluding diaryl/α,β-unsaturated/α-hetero) is 1. The molecule has 0 unspecified atom stereocenters. The lowest BCUT2D eigenvalue weighted by Gasteiger charge is -2.14. The number of rotatable bonds is 5. The van der Waals surface area contributed by atoms with Gasteiger partial charge in [-0.2, -0.15) is 0 Å². The second-order valence-electron chi connectivity index (χ2n) is 5.52. The maximum absolute atomic E-state index is 12.4. The van der Waals surface area contributed by atoms with Crippen molar-refractivity contribution in [2.75, 3.05) is 19.4 Å². The van der Waals surface area contributed by atoms with Crippen LogP contribution in [0.2, 0.25) is 0 Å². The molecule has 1 N–H and O–H groups in total. The van der Waals surface area contributed by atoms with Crippen molar-refractivity contribution in [2.24, 2.45) is 0 Å². The minimum atomic E-state index is -3.69. The summed E-state index contributed by atoms with van der Waals surface area (Å²) >= 11 is 3.20. The van der Waals surface area contributed by atoms with E-state index in [1.165, 1.54) is 39.2 Å². The molecule has 0 heterocycles. The standard InChI is InChI=1S/C17H17BrN2O4S/c1-11(21)12-5-4-6-14(9-12)19-17(22)13-7-8-15(18)16(10-13)25(23,24)20(2)3/h4-10H,1-3H3,(H,19,22). The van der Waals surface area contributed by atoms with Gasteiger partial charge in [0.05, 0.1) is 4.90 Å². The van der Waals surface area contributed by atoms with Crippen molar-refractivity contribution in [3.8, 4) is 0 Å². The van der Waals surface area contributed by atoms with Crippen molar-refractivity contribution in [2.45, 2.75) is 11.8 Å². The molecule has 0 spiro atoms. The van der Waals surface area contributed by atoms with Crippen LogP contribution in [0.25, 0.3) is 0 Å². The summed E-state index contributed by atoms with van der Waals surface area (Å²) < 4.78 is 26.1. The summed E-state index contributed by atoms with van der Waals surface area (Å²) in [6.45, 7) is 1.44. The van der Waals surface area contributed by atoms with Crippen LogP contribution in [0.4, 0.5) is 5.69 Å². The number of hydrogen-bond acceptors (Lipinski definition) is 4. The van der Waals surface area contributed by atoms with Crippen LogP contribution in [0.5, 0.6) is 0 Å². The minimum absolute atomic E-state index is 0.00244. The third-order valence-electron chi connectivity index (χ3n) is 3.48. The fourth-order valence-corrected chi connectivity index (χ4v) is 3.90. The van der Waals surface area contributed by atoms with Gasteiger partial charge in [-0.15, -0.1) is 0 Å². The number of nitrogens with zero attached hydrogens (tertiary/aromatic N) is 1. The Morgan fingerprint density at radius 1 is 1.04 bits per heavy atom. The molecule has 2 aromatic rings. The number of nitrogens with one attached hydrogen (secondary N) is 1. The van der Waals surface area contributed by atoms with Crippen LogP contribution in [0.15, 0.2) is 51.8 Å². The molecule has 0 bridgehead atoms. The Morgan fingerprint density at radius 2 is 1.72 bits per heavy atom. The largest absolute Gasteiger partial charge is 0.322 e. The number of carbonyl (C=O) groups is 2. The molecule has 2 rings (SSSR count). The Balaban J connectivity index is 2.35. The van der Waals surface area contributed by atoms with Gasteiger partial charge in [-0.3, -0.25) is 9.59 Å². The zero-order valence-corrected chi connectivity index (χ0v) is 16.3. The molecule has 0 aliphatic heterocycles. The zero-order chi connectivity index (χ0) is 18.8. The van der Waals surface area contributed by atoms with E-state index in [0.717, 1.165) is 4.31 Å². The Kier molecular flexibility index (Phi) is 5.76. The van der Waals surface area contributed by atoms with Crippen molar-refractivity contribution in [3.63, 3.8) is 0 Å². The van der Waals surface area contributed by atoms with Gasteiger partial charge in [-0.05, 0) is 53.2 Å². The average molecular weight is 425 g/mol. The lowest BCUT2D eigenvalue weighted by molar-refractivity contribution is 0.101. The molecule has 8 heteroatoms. The van der Waals surface area contributed by atoms with Crippen LogP contribution in [0.1, 0.15) is 27.6 Å². The van der Waals surface area contributed by atoms with Gasteiger partial charge >= 0.3 is 0 Å². The molecule has 2 aromatic carbocycles. The highest BCUT2D eigenvalue weighted by molar-refractivity contribution is 9.10. The quantitative estimate of drug-likeness (QED) is 0.747. The van der Waals surface area contributed by atoms with Crippen molar-refractivity contribution in [1.29, 1.82) is 0 Å². The van der Waals surface area contributed by atoms with E-state index >= 15 is 0 Å². The molecule has 1 amide bonds. The van der Waals surface area contributed by atoms with Gasteiger partial charge in [-0.1, -0.05) is 12.1 Å². The monoisotopic (exact) mass is 424 g/mol. The van der Waals surface area contributed by atoms with Crippen LogP contribution in [-0.2, 0) is 10.0 Å². The number of halogens is 1. The first-order chi connectivity index (χ1) is 11.6. The number of amides is 1. The maximum Gasteiger partial charge on any atom is 0.255 e. The fraction of sp³-hybridized carbons (Fsp3) is 0.176. The number of anilines is 1. The maximum atomic E-state index is 12.4. The molecule has 0 atom stereocenters. The first kappa shape index (κ1) is 19.3. The van der Waals surface area contributed by atoms with Crippen molar-refractivity contribution in [3.05, 3.63) is 58.1 Å². The number of hydrogen-bond donors (Lipinski definition) is 1. The molecule has 0 saturated heterocycles. The van der Waals surface area contributed by atoms with Gasteiger partial charge in [0.25, 0.3) is 5.91 Å². The number of ketones is 1. The number of sulfonamides is 1. The molecule has 0 radical (unpaired) electrons. The molecular formula is C17H17BrN2O4S. The molecule has 0 aliphatic rings. The summed E-state index contributed by atoms with van der Waals surface area (Å²) in [5.41, 5.74) is 1.12. The van der Waals surface area contributed by atoms with Crippen LogP contribution in [0, 0.1) is 0 Å². The van der Waals surface area contributed by atoms with E-state index < -0.39 is 15.9 Å². The summed E-state index contributed by atoms with van der Waals surface area (Å²) in [7, 11) is -0.856. The summed E-state index contributed by atoms with van der Waals surface area (Å²) in [6.07, 6.45) is 0. The van der Waals surface area contributed by atoms with Gasteiger partial charge in [0.15, 0.2) is 5.78 Å². The molecule has 25 heavy (non-hydrogen) atoms. The molecule has 0 saturated carbocycles. The van der Waals surface area contributed by atoms with Gasteiger partial charge in [-0.25, -0.2) is 12.7 Å². The second-order valence-corrected chi connectivity index (χ2v) is 8.50. The van der Waals surface area contributed by atoms with Gasteiger partial charge in [0.2, 0.25) is 10.0 Å². The normalized spacial score (nSPS) is 11.4. The van der Waals surface area contributed by atoms with Gasteiger partial charge in [0, 0.05) is 35.4 Å². The first-order valence-corrected chi connectivity index (χ1v) is 9.50. The van der Waals surface area contributed by atoms with Crippen LogP contribution >= 0.6 is 15.9 Å². The smallest absolute Gasteiger partial charge is 0.255 e. The van der Waals surface area contributed by atoms with E-state index in [0.29, 0.717) is 15.7 Å². The third kappa shape index (κ3) is 4.33. The summed E-state index contributed by atoms with van der Waals surface area (Å²) in [5, 5.41) is 2.67. The summed E-state index contributed by atoms with van der Waals surface area (Å²) in [5.74, 6) is -0.581. The molecule has 0 aromatic heterocycles. The van der Waals surface area contributed by atoms with Crippen molar-refractivity contribution >= 4 is 43.3 Å². The minimum Gasteiger partial charge on any atom is -0.322 e. The molecule has 0 aliphatic carbocycles. The van der Waals surface area contributed by atoms with E-state index in [-0.39, 0.29) is 16.2 Å². The highest BCUT2D eigenvalue weighted by Crippen LogP contribution is 2.25. The van der Waals surface area contributed by atoms with Gasteiger partial charge < -0.3 is 5.32 Å². The molecule has 132 valence electrons.